The zero-order chi connectivity index (χ0) is 18.2. The Labute approximate surface area is 181 Å². The fraction of sp³-hybridized carbons (Fsp3) is 0.417. The van der Waals surface area contributed by atoms with Crippen LogP contribution in [0.25, 0.3) is 0 Å². The fourth-order valence-electron chi connectivity index (χ4n) is 2.39. The third kappa shape index (κ3) is 13.4. The number of halogens is 1. The molecule has 0 fully saturated rings. The molecule has 1 aromatic carbocycles. The average molecular weight is 403 g/mol. The van der Waals surface area contributed by atoms with Gasteiger partial charge in [-0.1, -0.05) is 82.2 Å². The summed E-state index contributed by atoms with van der Waals surface area (Å²) in [7, 11) is 0. The SMILES string of the molecule is CCCCC1=[C-]CC=C1.CCCCC1=[C-]CC=C1.Clc1ccccc1.[Ti+2]. The second-order valence-corrected chi connectivity index (χ2v) is 6.56. The molecule has 0 heterocycles. The maximum Gasteiger partial charge on any atom is 2.00 e. The number of allylic oxidation sites excluding steroid dienone is 8. The number of rotatable bonds is 6. The first kappa shape index (κ1) is 25.2. The molecule has 2 aliphatic carbocycles. The average Bonchev–Trinajstić information content (AvgIpc) is 3.34. The van der Waals surface area contributed by atoms with Crippen molar-refractivity contribution >= 4 is 11.6 Å². The van der Waals surface area contributed by atoms with Gasteiger partial charge in [0.15, 0.2) is 0 Å². The maximum atomic E-state index is 5.54. The molecular weight excluding hydrogens is 372 g/mol. The van der Waals surface area contributed by atoms with Crippen LogP contribution in [0.2, 0.25) is 5.02 Å². The zero-order valence-electron chi connectivity index (χ0n) is 16.2. The summed E-state index contributed by atoms with van der Waals surface area (Å²) < 4.78 is 0. The Balaban J connectivity index is 0.000000357. The summed E-state index contributed by atoms with van der Waals surface area (Å²) in [6.07, 6.45) is 25.1. The molecule has 0 nitrogen and oxygen atoms in total. The van der Waals surface area contributed by atoms with Crippen LogP contribution in [0, 0.1) is 12.2 Å². The van der Waals surface area contributed by atoms with Crippen LogP contribution in [0.1, 0.15) is 65.2 Å². The Morgan fingerprint density at radius 1 is 0.808 bits per heavy atom. The first-order chi connectivity index (χ1) is 12.3. The van der Waals surface area contributed by atoms with Gasteiger partial charge in [-0.2, -0.15) is 12.2 Å². The molecule has 0 aliphatic heterocycles. The monoisotopic (exact) mass is 402 g/mol. The summed E-state index contributed by atoms with van der Waals surface area (Å²) >= 11 is 5.54. The molecule has 138 valence electrons. The van der Waals surface area contributed by atoms with Gasteiger partial charge < -0.3 is 0 Å². The van der Waals surface area contributed by atoms with E-state index in [1.165, 1.54) is 49.7 Å². The summed E-state index contributed by atoms with van der Waals surface area (Å²) in [6, 6.07) is 9.44. The Hall–Kier alpha value is -0.816. The van der Waals surface area contributed by atoms with Crippen LogP contribution in [0.5, 0.6) is 0 Å². The second-order valence-electron chi connectivity index (χ2n) is 6.12. The smallest absolute Gasteiger partial charge is 0.269 e. The molecule has 26 heavy (non-hydrogen) atoms. The van der Waals surface area contributed by atoms with Crippen molar-refractivity contribution in [3.05, 3.63) is 83.0 Å². The van der Waals surface area contributed by atoms with Crippen LogP contribution in [0.3, 0.4) is 0 Å². The predicted molar refractivity (Wildman–Crippen MR) is 112 cm³/mol. The van der Waals surface area contributed by atoms with Gasteiger partial charge in [0.25, 0.3) is 0 Å². The second kappa shape index (κ2) is 17.6. The summed E-state index contributed by atoms with van der Waals surface area (Å²) in [6.45, 7) is 4.44. The van der Waals surface area contributed by atoms with E-state index in [1.807, 2.05) is 30.3 Å². The quantitative estimate of drug-likeness (QED) is 0.333. The van der Waals surface area contributed by atoms with Crippen LogP contribution in [0.15, 0.2) is 65.8 Å². The third-order valence-corrected chi connectivity index (χ3v) is 4.12. The van der Waals surface area contributed by atoms with Crippen LogP contribution in [-0.4, -0.2) is 0 Å². The largest absolute Gasteiger partial charge is 2.00 e. The van der Waals surface area contributed by atoms with Crippen molar-refractivity contribution in [2.45, 2.75) is 65.2 Å². The summed E-state index contributed by atoms with van der Waals surface area (Å²) in [5.41, 5.74) is 2.83. The van der Waals surface area contributed by atoms with Crippen molar-refractivity contribution < 1.29 is 21.7 Å². The molecule has 2 heteroatoms. The van der Waals surface area contributed by atoms with E-state index in [-0.39, 0.29) is 21.7 Å². The molecule has 0 saturated heterocycles. The Morgan fingerprint density at radius 3 is 1.54 bits per heavy atom. The molecule has 3 rings (SSSR count). The van der Waals surface area contributed by atoms with Crippen molar-refractivity contribution in [2.24, 2.45) is 0 Å². The molecule has 0 bridgehead atoms. The van der Waals surface area contributed by atoms with Gasteiger partial charge in [-0.05, 0) is 12.1 Å². The first-order valence-electron chi connectivity index (χ1n) is 9.49. The van der Waals surface area contributed by atoms with Crippen molar-refractivity contribution in [2.75, 3.05) is 0 Å². The van der Waals surface area contributed by atoms with E-state index in [9.17, 15) is 0 Å². The van der Waals surface area contributed by atoms with Gasteiger partial charge in [0.05, 0.1) is 0 Å². The minimum Gasteiger partial charge on any atom is -0.269 e. The molecular formula is C24H31ClTi. The molecule has 0 amide bonds. The van der Waals surface area contributed by atoms with Crippen LogP contribution in [-0.2, 0) is 21.7 Å². The first-order valence-corrected chi connectivity index (χ1v) is 9.87. The minimum atomic E-state index is 0. The minimum absolute atomic E-state index is 0. The molecule has 0 spiro atoms. The van der Waals surface area contributed by atoms with E-state index in [4.69, 9.17) is 11.6 Å². The predicted octanol–water partition coefficient (Wildman–Crippen LogP) is 8.07. The van der Waals surface area contributed by atoms with E-state index < -0.39 is 0 Å². The Morgan fingerprint density at radius 2 is 1.27 bits per heavy atom. The molecule has 1 aromatic rings. The number of benzene rings is 1. The van der Waals surface area contributed by atoms with E-state index in [0.717, 1.165) is 17.9 Å². The van der Waals surface area contributed by atoms with Crippen molar-refractivity contribution in [3.63, 3.8) is 0 Å². The van der Waals surface area contributed by atoms with Gasteiger partial charge >= 0.3 is 21.7 Å². The van der Waals surface area contributed by atoms with E-state index in [1.54, 1.807) is 0 Å². The van der Waals surface area contributed by atoms with Gasteiger partial charge in [-0.3, -0.25) is 12.2 Å². The molecule has 0 radical (unpaired) electrons. The van der Waals surface area contributed by atoms with Crippen molar-refractivity contribution in [3.8, 4) is 0 Å². The molecule has 0 aromatic heterocycles. The third-order valence-electron chi connectivity index (χ3n) is 3.86. The van der Waals surface area contributed by atoms with E-state index in [0.29, 0.717) is 0 Å². The van der Waals surface area contributed by atoms with E-state index >= 15 is 0 Å². The normalized spacial score (nSPS) is 13.7. The van der Waals surface area contributed by atoms with Gasteiger partial charge in [0, 0.05) is 5.02 Å². The molecule has 0 N–H and O–H groups in total. The van der Waals surface area contributed by atoms with Crippen LogP contribution < -0.4 is 0 Å². The summed E-state index contributed by atoms with van der Waals surface area (Å²) in [4.78, 5) is 0. The van der Waals surface area contributed by atoms with Gasteiger partial charge in [0.1, 0.15) is 0 Å². The number of hydrogen-bond donors (Lipinski definition) is 0. The number of hydrogen-bond acceptors (Lipinski definition) is 0. The van der Waals surface area contributed by atoms with Crippen LogP contribution in [0.4, 0.5) is 0 Å². The van der Waals surface area contributed by atoms with Gasteiger partial charge in [-0.15, -0.1) is 12.8 Å². The topological polar surface area (TPSA) is 0 Å². The molecule has 0 unspecified atom stereocenters. The Kier molecular flexibility index (Phi) is 17.0. The van der Waals surface area contributed by atoms with Crippen molar-refractivity contribution in [1.29, 1.82) is 0 Å². The molecule has 2 aliphatic rings. The van der Waals surface area contributed by atoms with Crippen molar-refractivity contribution in [1.82, 2.24) is 0 Å². The standard InChI is InChI=1S/2C9H13.C6H5Cl.Ti/c2*1-2-3-6-9-7-4-5-8-9;7-6-4-2-1-3-5-6;/h2*4,7H,2-3,5-6H2,1H3;1-5H;/q2*-1;;+2. The maximum absolute atomic E-state index is 5.54. The molecule has 0 saturated carbocycles. The Bertz CT molecular complexity index is 533. The number of unbranched alkanes of at least 4 members (excludes halogenated alkanes) is 2. The van der Waals surface area contributed by atoms with Gasteiger partial charge in [0.2, 0.25) is 0 Å². The summed E-state index contributed by atoms with van der Waals surface area (Å²) in [5, 5.41) is 0.794. The van der Waals surface area contributed by atoms with E-state index in [2.05, 4.69) is 50.3 Å². The summed E-state index contributed by atoms with van der Waals surface area (Å²) in [5.74, 6) is 0. The fourth-order valence-corrected chi connectivity index (χ4v) is 2.54. The van der Waals surface area contributed by atoms with Crippen LogP contribution >= 0.6 is 11.6 Å². The zero-order valence-corrected chi connectivity index (χ0v) is 18.5. The molecule has 0 atom stereocenters. The van der Waals surface area contributed by atoms with Gasteiger partial charge in [-0.25, -0.2) is 23.3 Å².